The maximum atomic E-state index is 12.1. The molecule has 0 fully saturated rings. The average molecular weight is 424 g/mol. The number of rotatable bonds is 8. The predicted octanol–water partition coefficient (Wildman–Crippen LogP) is 1.92. The SMILES string of the molecule is Cc1ccc(S(=O)(=O)NCC(=O)NCC(=O)NC(C)c2ccccc2Cl)cc1. The van der Waals surface area contributed by atoms with Gasteiger partial charge in [0.05, 0.1) is 24.0 Å². The molecule has 0 spiro atoms. The van der Waals surface area contributed by atoms with Crippen LogP contribution in [-0.2, 0) is 19.6 Å². The summed E-state index contributed by atoms with van der Waals surface area (Å²) in [5, 5.41) is 5.63. The fourth-order valence-corrected chi connectivity index (χ4v) is 3.68. The van der Waals surface area contributed by atoms with E-state index in [1.54, 1.807) is 37.3 Å². The third-order valence-electron chi connectivity index (χ3n) is 3.95. The minimum atomic E-state index is -3.80. The van der Waals surface area contributed by atoms with Crippen molar-refractivity contribution in [1.29, 1.82) is 0 Å². The minimum Gasteiger partial charge on any atom is -0.348 e. The van der Waals surface area contributed by atoms with E-state index in [-0.39, 0.29) is 17.5 Å². The summed E-state index contributed by atoms with van der Waals surface area (Å²) in [6.07, 6.45) is 0. The number of carbonyl (C=O) groups excluding carboxylic acids is 2. The Morgan fingerprint density at radius 2 is 1.64 bits per heavy atom. The van der Waals surface area contributed by atoms with Gasteiger partial charge in [-0.2, -0.15) is 0 Å². The Hall–Kier alpha value is -2.42. The molecule has 0 radical (unpaired) electrons. The highest BCUT2D eigenvalue weighted by Gasteiger charge is 2.16. The van der Waals surface area contributed by atoms with Crippen molar-refractivity contribution in [3.05, 3.63) is 64.7 Å². The van der Waals surface area contributed by atoms with Crippen LogP contribution in [0.4, 0.5) is 0 Å². The molecule has 28 heavy (non-hydrogen) atoms. The van der Waals surface area contributed by atoms with Crippen LogP contribution in [0.3, 0.4) is 0 Å². The molecule has 2 rings (SSSR count). The molecule has 0 aliphatic carbocycles. The van der Waals surface area contributed by atoms with Crippen molar-refractivity contribution in [2.24, 2.45) is 0 Å². The quantitative estimate of drug-likeness (QED) is 0.603. The molecule has 0 aliphatic rings. The average Bonchev–Trinajstić information content (AvgIpc) is 2.65. The molecular weight excluding hydrogens is 402 g/mol. The zero-order valence-electron chi connectivity index (χ0n) is 15.5. The highest BCUT2D eigenvalue weighted by atomic mass is 35.5. The van der Waals surface area contributed by atoms with Gasteiger partial charge in [-0.1, -0.05) is 47.5 Å². The van der Waals surface area contributed by atoms with Crippen molar-refractivity contribution >= 4 is 33.4 Å². The standard InChI is InChI=1S/C19H22ClN3O4S/c1-13-7-9-15(10-8-13)28(26,27)22-12-18(24)21-11-19(25)23-14(2)16-5-3-4-6-17(16)20/h3-10,14,22H,11-12H2,1-2H3,(H,21,24)(H,23,25). The Labute approximate surface area is 169 Å². The van der Waals surface area contributed by atoms with Crippen molar-refractivity contribution in [1.82, 2.24) is 15.4 Å². The lowest BCUT2D eigenvalue weighted by atomic mass is 10.1. The highest BCUT2D eigenvalue weighted by molar-refractivity contribution is 7.89. The first-order chi connectivity index (χ1) is 13.2. The van der Waals surface area contributed by atoms with Gasteiger partial charge < -0.3 is 10.6 Å². The number of amides is 2. The molecule has 2 aromatic carbocycles. The number of hydrogen-bond acceptors (Lipinski definition) is 4. The number of halogens is 1. The monoisotopic (exact) mass is 423 g/mol. The zero-order valence-corrected chi connectivity index (χ0v) is 17.1. The van der Waals surface area contributed by atoms with Gasteiger partial charge >= 0.3 is 0 Å². The van der Waals surface area contributed by atoms with Crippen molar-refractivity contribution < 1.29 is 18.0 Å². The second kappa shape index (κ2) is 9.68. The number of sulfonamides is 1. The minimum absolute atomic E-state index is 0.0669. The second-order valence-corrected chi connectivity index (χ2v) is 8.40. The van der Waals surface area contributed by atoms with Gasteiger partial charge in [-0.25, -0.2) is 13.1 Å². The van der Waals surface area contributed by atoms with Crippen molar-refractivity contribution in [2.75, 3.05) is 13.1 Å². The van der Waals surface area contributed by atoms with Gasteiger partial charge in [0, 0.05) is 5.02 Å². The van der Waals surface area contributed by atoms with Gasteiger partial charge in [0.2, 0.25) is 21.8 Å². The summed E-state index contributed by atoms with van der Waals surface area (Å²) in [5.41, 5.74) is 1.68. The number of nitrogens with one attached hydrogen (secondary N) is 3. The molecule has 0 aromatic heterocycles. The Kier molecular flexibility index (Phi) is 7.56. The molecule has 7 nitrogen and oxygen atoms in total. The fourth-order valence-electron chi connectivity index (χ4n) is 2.40. The molecule has 1 atom stereocenters. The predicted molar refractivity (Wildman–Crippen MR) is 107 cm³/mol. The van der Waals surface area contributed by atoms with Crippen molar-refractivity contribution in [3.63, 3.8) is 0 Å². The third-order valence-corrected chi connectivity index (χ3v) is 5.71. The lowest BCUT2D eigenvalue weighted by Gasteiger charge is -2.16. The van der Waals surface area contributed by atoms with Crippen molar-refractivity contribution in [2.45, 2.75) is 24.8 Å². The summed E-state index contributed by atoms with van der Waals surface area (Å²) < 4.78 is 26.5. The summed E-state index contributed by atoms with van der Waals surface area (Å²) in [5.74, 6) is -1.03. The molecule has 3 N–H and O–H groups in total. The highest BCUT2D eigenvalue weighted by Crippen LogP contribution is 2.21. The van der Waals surface area contributed by atoms with E-state index in [0.29, 0.717) is 5.02 Å². The van der Waals surface area contributed by atoms with E-state index in [0.717, 1.165) is 11.1 Å². The van der Waals surface area contributed by atoms with Crippen LogP contribution in [0.15, 0.2) is 53.4 Å². The van der Waals surface area contributed by atoms with E-state index in [9.17, 15) is 18.0 Å². The van der Waals surface area contributed by atoms with E-state index in [1.807, 2.05) is 13.0 Å². The van der Waals surface area contributed by atoms with E-state index >= 15 is 0 Å². The Morgan fingerprint density at radius 3 is 2.29 bits per heavy atom. The van der Waals surface area contributed by atoms with Crippen LogP contribution in [0.5, 0.6) is 0 Å². The first kappa shape index (κ1) is 21.9. The largest absolute Gasteiger partial charge is 0.348 e. The molecule has 0 saturated heterocycles. The second-order valence-electron chi connectivity index (χ2n) is 6.23. The van der Waals surface area contributed by atoms with Gasteiger partial charge in [0.1, 0.15) is 0 Å². The summed E-state index contributed by atoms with van der Waals surface area (Å²) in [7, 11) is -3.80. The molecule has 0 heterocycles. The van der Waals surface area contributed by atoms with Crippen LogP contribution < -0.4 is 15.4 Å². The van der Waals surface area contributed by atoms with Crippen LogP contribution in [-0.4, -0.2) is 33.3 Å². The molecule has 2 amide bonds. The number of hydrogen-bond donors (Lipinski definition) is 3. The number of carbonyl (C=O) groups is 2. The van der Waals surface area contributed by atoms with E-state index in [1.165, 1.54) is 12.1 Å². The summed E-state index contributed by atoms with van der Waals surface area (Å²) in [4.78, 5) is 23.9. The van der Waals surface area contributed by atoms with Gasteiger partial charge in [0.25, 0.3) is 0 Å². The summed E-state index contributed by atoms with van der Waals surface area (Å²) >= 11 is 6.09. The van der Waals surface area contributed by atoms with E-state index < -0.39 is 28.4 Å². The summed E-state index contributed by atoms with van der Waals surface area (Å²) in [6.45, 7) is 2.87. The third kappa shape index (κ3) is 6.33. The molecule has 2 aromatic rings. The zero-order chi connectivity index (χ0) is 20.7. The van der Waals surface area contributed by atoms with Gasteiger partial charge in [-0.05, 0) is 37.6 Å². The van der Waals surface area contributed by atoms with E-state index in [4.69, 9.17) is 11.6 Å². The lowest BCUT2D eigenvalue weighted by molar-refractivity contribution is -0.125. The van der Waals surface area contributed by atoms with Crippen LogP contribution in [0.1, 0.15) is 24.1 Å². The van der Waals surface area contributed by atoms with Crippen LogP contribution in [0.25, 0.3) is 0 Å². The van der Waals surface area contributed by atoms with Crippen LogP contribution in [0, 0.1) is 6.92 Å². The van der Waals surface area contributed by atoms with Gasteiger partial charge in [0.15, 0.2) is 0 Å². The maximum absolute atomic E-state index is 12.1. The smallest absolute Gasteiger partial charge is 0.241 e. The first-order valence-corrected chi connectivity index (χ1v) is 10.4. The molecular formula is C19H22ClN3O4S. The normalized spacial score (nSPS) is 12.2. The number of aryl methyl sites for hydroxylation is 1. The molecule has 0 bridgehead atoms. The Bertz CT molecular complexity index is 946. The molecule has 0 saturated carbocycles. The topological polar surface area (TPSA) is 104 Å². The number of benzene rings is 2. The van der Waals surface area contributed by atoms with Crippen molar-refractivity contribution in [3.8, 4) is 0 Å². The summed E-state index contributed by atoms with van der Waals surface area (Å²) in [6, 6.07) is 13.0. The van der Waals surface area contributed by atoms with Gasteiger partial charge in [-0.15, -0.1) is 0 Å². The Morgan fingerprint density at radius 1 is 1.00 bits per heavy atom. The fraction of sp³-hybridized carbons (Fsp3) is 0.263. The van der Waals surface area contributed by atoms with Gasteiger partial charge in [-0.3, -0.25) is 9.59 Å². The molecule has 1 unspecified atom stereocenters. The first-order valence-electron chi connectivity index (χ1n) is 8.56. The van der Waals surface area contributed by atoms with E-state index in [2.05, 4.69) is 15.4 Å². The van der Waals surface area contributed by atoms with Crippen LogP contribution >= 0.6 is 11.6 Å². The molecule has 150 valence electrons. The van der Waals surface area contributed by atoms with Crippen LogP contribution in [0.2, 0.25) is 5.02 Å². The lowest BCUT2D eigenvalue weighted by Crippen LogP contribution is -2.42. The Balaban J connectivity index is 1.79. The molecule has 9 heteroatoms. The molecule has 0 aliphatic heterocycles. The maximum Gasteiger partial charge on any atom is 0.241 e.